The van der Waals surface area contributed by atoms with Gasteiger partial charge in [-0.25, -0.2) is 4.98 Å². The fraction of sp³-hybridized carbons (Fsp3) is 0.167. The van der Waals surface area contributed by atoms with E-state index < -0.39 is 0 Å². The van der Waals surface area contributed by atoms with Crippen molar-refractivity contribution in [1.29, 1.82) is 0 Å². The number of hydrogen-bond donors (Lipinski definition) is 1. The number of hydrogen-bond acceptors (Lipinski definition) is 4. The lowest BCUT2D eigenvalue weighted by Crippen LogP contribution is -2.05. The summed E-state index contributed by atoms with van der Waals surface area (Å²) in [6.07, 6.45) is 0.237. The molecule has 0 aliphatic carbocycles. The number of carbonyl (C=O) groups is 1. The van der Waals surface area contributed by atoms with Crippen LogP contribution in [0.5, 0.6) is 0 Å². The highest BCUT2D eigenvalue weighted by molar-refractivity contribution is 7.09. The van der Waals surface area contributed by atoms with Gasteiger partial charge in [0.25, 0.3) is 0 Å². The number of nitrogens with two attached hydrogens (primary N) is 1. The standard InChI is InChI=1S/C12H10Cl2N2OS/c1-6-16-8(5-18-6)4-11(17)7-2-9(13)12(15)10(14)3-7/h2-3,5H,4,15H2,1H3. The van der Waals surface area contributed by atoms with Gasteiger partial charge in [-0.3, -0.25) is 4.79 Å². The highest BCUT2D eigenvalue weighted by atomic mass is 35.5. The van der Waals surface area contributed by atoms with Gasteiger partial charge in [-0.05, 0) is 19.1 Å². The summed E-state index contributed by atoms with van der Waals surface area (Å²) in [6.45, 7) is 1.90. The summed E-state index contributed by atoms with van der Waals surface area (Å²) in [6, 6.07) is 3.06. The number of nitrogen functional groups attached to an aromatic ring is 1. The maximum absolute atomic E-state index is 12.0. The van der Waals surface area contributed by atoms with E-state index in [4.69, 9.17) is 28.9 Å². The fourth-order valence-corrected chi connectivity index (χ4v) is 2.60. The summed E-state index contributed by atoms with van der Waals surface area (Å²) in [5.74, 6) is -0.0795. The van der Waals surface area contributed by atoms with Crippen molar-refractivity contribution in [3.05, 3.63) is 43.8 Å². The summed E-state index contributed by atoms with van der Waals surface area (Å²) >= 11 is 13.3. The van der Waals surface area contributed by atoms with Gasteiger partial charge < -0.3 is 5.73 Å². The second-order valence-corrected chi connectivity index (χ2v) is 5.69. The lowest BCUT2D eigenvalue weighted by molar-refractivity contribution is 0.0992. The van der Waals surface area contributed by atoms with E-state index in [9.17, 15) is 4.79 Å². The van der Waals surface area contributed by atoms with Crippen molar-refractivity contribution < 1.29 is 4.79 Å². The number of Topliss-reactive ketones (excluding diaryl/α,β-unsaturated/α-hetero) is 1. The van der Waals surface area contributed by atoms with E-state index in [2.05, 4.69) is 4.98 Å². The topological polar surface area (TPSA) is 56.0 Å². The third kappa shape index (κ3) is 2.83. The predicted octanol–water partition coefficient (Wildman–Crippen LogP) is 3.77. The Bertz CT molecular complexity index is 587. The van der Waals surface area contributed by atoms with Crippen LogP contribution >= 0.6 is 34.5 Å². The van der Waals surface area contributed by atoms with Gasteiger partial charge in [-0.15, -0.1) is 11.3 Å². The Labute approximate surface area is 119 Å². The summed E-state index contributed by atoms with van der Waals surface area (Å²) < 4.78 is 0. The predicted molar refractivity (Wildman–Crippen MR) is 75.8 cm³/mol. The second kappa shape index (κ2) is 5.26. The third-order valence-electron chi connectivity index (χ3n) is 2.41. The molecule has 2 aromatic rings. The van der Waals surface area contributed by atoms with Gasteiger partial charge in [-0.2, -0.15) is 0 Å². The Morgan fingerprint density at radius 1 is 1.39 bits per heavy atom. The van der Waals surface area contributed by atoms with Crippen LogP contribution in [0.25, 0.3) is 0 Å². The quantitative estimate of drug-likeness (QED) is 0.693. The van der Waals surface area contributed by atoms with E-state index in [0.717, 1.165) is 10.7 Å². The normalized spacial score (nSPS) is 10.6. The molecule has 0 spiro atoms. The molecular formula is C12H10Cl2N2OS. The van der Waals surface area contributed by atoms with Crippen LogP contribution in [0.4, 0.5) is 5.69 Å². The summed E-state index contributed by atoms with van der Waals surface area (Å²) in [7, 11) is 0. The van der Waals surface area contributed by atoms with Crippen LogP contribution in [0.15, 0.2) is 17.5 Å². The maximum atomic E-state index is 12.0. The average Bonchev–Trinajstić information content (AvgIpc) is 2.71. The van der Waals surface area contributed by atoms with Gasteiger partial charge in [-0.1, -0.05) is 23.2 Å². The van der Waals surface area contributed by atoms with Gasteiger partial charge in [0.1, 0.15) is 0 Å². The molecule has 1 heterocycles. The van der Waals surface area contributed by atoms with Crippen molar-refractivity contribution in [3.63, 3.8) is 0 Å². The van der Waals surface area contributed by atoms with E-state index in [1.807, 2.05) is 12.3 Å². The van der Waals surface area contributed by atoms with Crippen molar-refractivity contribution in [1.82, 2.24) is 4.98 Å². The Hall–Kier alpha value is -1.10. The first-order valence-electron chi connectivity index (χ1n) is 5.16. The van der Waals surface area contributed by atoms with Gasteiger partial charge in [0.15, 0.2) is 5.78 Å². The maximum Gasteiger partial charge on any atom is 0.168 e. The van der Waals surface area contributed by atoms with Crippen LogP contribution in [-0.4, -0.2) is 10.8 Å². The zero-order valence-electron chi connectivity index (χ0n) is 9.54. The molecule has 0 aliphatic heterocycles. The molecular weight excluding hydrogens is 291 g/mol. The first-order valence-corrected chi connectivity index (χ1v) is 6.79. The van der Waals surface area contributed by atoms with Crippen molar-refractivity contribution in [3.8, 4) is 0 Å². The first-order chi connectivity index (χ1) is 8.47. The molecule has 1 aromatic carbocycles. The zero-order valence-corrected chi connectivity index (χ0v) is 11.9. The minimum absolute atomic E-state index is 0.0795. The number of aryl methyl sites for hydroxylation is 1. The molecule has 0 radical (unpaired) electrons. The molecule has 2 rings (SSSR count). The van der Waals surface area contributed by atoms with E-state index in [0.29, 0.717) is 21.3 Å². The number of rotatable bonds is 3. The molecule has 6 heteroatoms. The number of ketones is 1. The number of thiazole rings is 1. The Balaban J connectivity index is 2.24. The molecule has 18 heavy (non-hydrogen) atoms. The number of anilines is 1. The van der Waals surface area contributed by atoms with Crippen molar-refractivity contribution in [2.24, 2.45) is 0 Å². The largest absolute Gasteiger partial charge is 0.396 e. The van der Waals surface area contributed by atoms with Gasteiger partial charge in [0.2, 0.25) is 0 Å². The Morgan fingerprint density at radius 3 is 2.50 bits per heavy atom. The summed E-state index contributed by atoms with van der Waals surface area (Å²) in [5, 5.41) is 3.39. The molecule has 0 aliphatic rings. The number of benzene rings is 1. The van der Waals surface area contributed by atoms with Gasteiger partial charge in [0, 0.05) is 10.9 Å². The second-order valence-electron chi connectivity index (χ2n) is 3.81. The molecule has 0 amide bonds. The summed E-state index contributed by atoms with van der Waals surface area (Å²) in [5.41, 5.74) is 7.12. The minimum atomic E-state index is -0.0795. The molecule has 0 unspecified atom stereocenters. The Kier molecular flexibility index (Phi) is 3.90. The fourth-order valence-electron chi connectivity index (χ4n) is 1.50. The molecule has 3 nitrogen and oxygen atoms in total. The third-order valence-corrected chi connectivity index (χ3v) is 3.86. The van der Waals surface area contributed by atoms with Crippen molar-refractivity contribution in [2.75, 3.05) is 5.73 Å². The zero-order chi connectivity index (χ0) is 13.3. The molecule has 0 saturated heterocycles. The molecule has 0 saturated carbocycles. The van der Waals surface area contributed by atoms with E-state index in [1.165, 1.54) is 23.5 Å². The minimum Gasteiger partial charge on any atom is -0.396 e. The van der Waals surface area contributed by atoms with Crippen molar-refractivity contribution >= 4 is 46.0 Å². The van der Waals surface area contributed by atoms with Crippen LogP contribution in [0.1, 0.15) is 21.1 Å². The van der Waals surface area contributed by atoms with E-state index in [1.54, 1.807) is 0 Å². The SMILES string of the molecule is Cc1nc(CC(=O)c2cc(Cl)c(N)c(Cl)c2)cs1. The van der Waals surface area contributed by atoms with Crippen LogP contribution in [0.3, 0.4) is 0 Å². The molecule has 0 bridgehead atoms. The van der Waals surface area contributed by atoms with Crippen LogP contribution < -0.4 is 5.73 Å². The lowest BCUT2D eigenvalue weighted by Gasteiger charge is -2.05. The molecule has 2 N–H and O–H groups in total. The Morgan fingerprint density at radius 2 is 2.00 bits per heavy atom. The molecule has 1 aromatic heterocycles. The molecule has 94 valence electrons. The average molecular weight is 301 g/mol. The highest BCUT2D eigenvalue weighted by Crippen LogP contribution is 2.29. The van der Waals surface area contributed by atoms with Gasteiger partial charge in [0.05, 0.1) is 32.9 Å². The van der Waals surface area contributed by atoms with E-state index in [-0.39, 0.29) is 12.2 Å². The molecule has 0 fully saturated rings. The van der Waals surface area contributed by atoms with E-state index >= 15 is 0 Å². The number of halogens is 2. The highest BCUT2D eigenvalue weighted by Gasteiger charge is 2.13. The smallest absolute Gasteiger partial charge is 0.168 e. The van der Waals surface area contributed by atoms with Crippen molar-refractivity contribution in [2.45, 2.75) is 13.3 Å². The van der Waals surface area contributed by atoms with Gasteiger partial charge >= 0.3 is 0 Å². The lowest BCUT2D eigenvalue weighted by atomic mass is 10.1. The number of nitrogens with zero attached hydrogens (tertiary/aromatic N) is 1. The number of aromatic nitrogens is 1. The first kappa shape index (κ1) is 13.3. The van der Waals surface area contributed by atoms with Crippen LogP contribution in [0.2, 0.25) is 10.0 Å². The monoisotopic (exact) mass is 300 g/mol. The number of carbonyl (C=O) groups excluding carboxylic acids is 1. The summed E-state index contributed by atoms with van der Waals surface area (Å²) in [4.78, 5) is 16.3. The van der Waals surface area contributed by atoms with Crippen LogP contribution in [-0.2, 0) is 6.42 Å². The van der Waals surface area contributed by atoms with Crippen LogP contribution in [0, 0.1) is 6.92 Å². The molecule has 0 atom stereocenters.